The number of thiazole rings is 1. The molecule has 88 valence electrons. The molecule has 1 saturated heterocycles. The van der Waals surface area contributed by atoms with Crippen LogP contribution in [0.3, 0.4) is 0 Å². The monoisotopic (exact) mass is 252 g/mol. The first-order valence-electron chi connectivity index (χ1n) is 4.38. The Morgan fingerprint density at radius 1 is 1.56 bits per heavy atom. The van der Waals surface area contributed by atoms with E-state index in [9.17, 15) is 18.0 Å². The highest BCUT2D eigenvalue weighted by Gasteiger charge is 2.37. The molecule has 0 saturated carbocycles. The first kappa shape index (κ1) is 11.2. The van der Waals surface area contributed by atoms with Crippen molar-refractivity contribution in [2.45, 2.75) is 6.18 Å². The van der Waals surface area contributed by atoms with Gasteiger partial charge in [-0.2, -0.15) is 13.2 Å². The molecule has 1 aliphatic heterocycles. The molecule has 0 aliphatic carbocycles. The van der Waals surface area contributed by atoms with Crippen LogP contribution in [0.2, 0.25) is 0 Å². The maximum Gasteiger partial charge on any atom is 0.427 e. The average molecular weight is 252 g/mol. The molecular weight excluding hydrogens is 245 g/mol. The van der Waals surface area contributed by atoms with Crippen LogP contribution in [0.25, 0.3) is 0 Å². The van der Waals surface area contributed by atoms with Gasteiger partial charge in [-0.15, -0.1) is 0 Å². The summed E-state index contributed by atoms with van der Waals surface area (Å²) in [4.78, 5) is 14.9. The Labute approximate surface area is 92.3 Å². The van der Waals surface area contributed by atoms with E-state index in [0.717, 1.165) is 6.20 Å². The van der Waals surface area contributed by atoms with E-state index in [4.69, 9.17) is 5.11 Å². The quantitative estimate of drug-likeness (QED) is 0.870. The summed E-state index contributed by atoms with van der Waals surface area (Å²) in [6.45, 7) is 0.445. The standard InChI is InChI=1S/C8H7F3N2O2S/c9-8(10,11)5-1-12-7(16-5)13-2-4(3-13)6(14)15/h1,4H,2-3H2,(H,14,15). The van der Waals surface area contributed by atoms with Crippen molar-refractivity contribution in [2.24, 2.45) is 5.92 Å². The smallest absolute Gasteiger partial charge is 0.427 e. The number of alkyl halides is 3. The molecular formula is C8H7F3N2O2S. The minimum Gasteiger partial charge on any atom is -0.481 e. The van der Waals surface area contributed by atoms with Crippen molar-refractivity contribution in [3.8, 4) is 0 Å². The molecule has 4 nitrogen and oxygen atoms in total. The highest BCUT2D eigenvalue weighted by Crippen LogP contribution is 2.37. The van der Waals surface area contributed by atoms with Crippen molar-refractivity contribution >= 4 is 22.4 Å². The van der Waals surface area contributed by atoms with E-state index in [1.54, 1.807) is 0 Å². The molecule has 16 heavy (non-hydrogen) atoms. The van der Waals surface area contributed by atoms with Crippen LogP contribution in [0.4, 0.5) is 18.3 Å². The van der Waals surface area contributed by atoms with Crippen LogP contribution >= 0.6 is 11.3 Å². The summed E-state index contributed by atoms with van der Waals surface area (Å²) < 4.78 is 36.7. The largest absolute Gasteiger partial charge is 0.481 e. The summed E-state index contributed by atoms with van der Waals surface area (Å²) in [6, 6.07) is 0. The third-order valence-electron chi connectivity index (χ3n) is 2.27. The van der Waals surface area contributed by atoms with Crippen molar-refractivity contribution in [2.75, 3.05) is 18.0 Å². The molecule has 0 spiro atoms. The van der Waals surface area contributed by atoms with Crippen molar-refractivity contribution in [1.82, 2.24) is 4.98 Å². The number of carboxylic acid groups (broad SMARTS) is 1. The fraction of sp³-hybridized carbons (Fsp3) is 0.500. The van der Waals surface area contributed by atoms with Crippen molar-refractivity contribution in [3.63, 3.8) is 0 Å². The van der Waals surface area contributed by atoms with Crippen LogP contribution in [0.15, 0.2) is 6.20 Å². The van der Waals surface area contributed by atoms with Gasteiger partial charge in [0.25, 0.3) is 0 Å². The van der Waals surface area contributed by atoms with Gasteiger partial charge in [0.1, 0.15) is 4.88 Å². The van der Waals surface area contributed by atoms with E-state index in [0.29, 0.717) is 11.3 Å². The van der Waals surface area contributed by atoms with E-state index >= 15 is 0 Å². The maximum absolute atomic E-state index is 12.2. The molecule has 1 N–H and O–H groups in total. The number of carbonyl (C=O) groups is 1. The molecule has 0 unspecified atom stereocenters. The predicted molar refractivity (Wildman–Crippen MR) is 50.5 cm³/mol. The summed E-state index contributed by atoms with van der Waals surface area (Å²) in [5.74, 6) is -1.43. The predicted octanol–water partition coefficient (Wildman–Crippen LogP) is 1.68. The molecule has 0 atom stereocenters. The number of anilines is 1. The normalized spacial score (nSPS) is 17.3. The molecule has 0 amide bonds. The van der Waals surface area contributed by atoms with Crippen LogP contribution in [0.1, 0.15) is 4.88 Å². The first-order chi connectivity index (χ1) is 7.38. The number of hydrogen-bond acceptors (Lipinski definition) is 4. The van der Waals surface area contributed by atoms with Gasteiger partial charge in [-0.05, 0) is 0 Å². The van der Waals surface area contributed by atoms with Gasteiger partial charge in [0.2, 0.25) is 0 Å². The van der Waals surface area contributed by atoms with Crippen LogP contribution in [-0.2, 0) is 11.0 Å². The average Bonchev–Trinajstić information content (AvgIpc) is 2.47. The van der Waals surface area contributed by atoms with Crippen molar-refractivity contribution < 1.29 is 23.1 Å². The lowest BCUT2D eigenvalue weighted by Crippen LogP contribution is -2.50. The fourth-order valence-corrected chi connectivity index (χ4v) is 2.13. The third-order valence-corrected chi connectivity index (χ3v) is 3.38. The Balaban J connectivity index is 2.03. The SMILES string of the molecule is O=C(O)C1CN(c2ncc(C(F)(F)F)s2)C1. The molecule has 0 bridgehead atoms. The lowest BCUT2D eigenvalue weighted by atomic mass is 10.0. The Hall–Kier alpha value is -1.31. The van der Waals surface area contributed by atoms with Crippen LogP contribution in [-0.4, -0.2) is 29.1 Å². The zero-order valence-electron chi connectivity index (χ0n) is 7.86. The number of hydrogen-bond donors (Lipinski definition) is 1. The number of rotatable bonds is 2. The van der Waals surface area contributed by atoms with Gasteiger partial charge in [-0.3, -0.25) is 4.79 Å². The van der Waals surface area contributed by atoms with Gasteiger partial charge in [-0.25, -0.2) is 4.98 Å². The molecule has 0 aromatic carbocycles. The van der Waals surface area contributed by atoms with Crippen LogP contribution < -0.4 is 4.90 Å². The Kier molecular flexibility index (Phi) is 2.53. The van der Waals surface area contributed by atoms with E-state index in [2.05, 4.69) is 4.98 Å². The molecule has 0 radical (unpaired) electrons. The second-order valence-corrected chi connectivity index (χ2v) is 4.45. The lowest BCUT2D eigenvalue weighted by molar-refractivity contribution is -0.142. The summed E-state index contributed by atoms with van der Waals surface area (Å²) in [6.07, 6.45) is -3.61. The third kappa shape index (κ3) is 1.97. The summed E-state index contributed by atoms with van der Waals surface area (Å²) in [5.41, 5.74) is 0. The Morgan fingerprint density at radius 3 is 2.62 bits per heavy atom. The van der Waals surface area contributed by atoms with Gasteiger partial charge in [-0.1, -0.05) is 11.3 Å². The lowest BCUT2D eigenvalue weighted by Gasteiger charge is -2.36. The first-order valence-corrected chi connectivity index (χ1v) is 5.20. The molecule has 1 aromatic heterocycles. The van der Waals surface area contributed by atoms with Gasteiger partial charge in [0.15, 0.2) is 5.13 Å². The van der Waals surface area contributed by atoms with Gasteiger partial charge in [0, 0.05) is 13.1 Å². The summed E-state index contributed by atoms with van der Waals surface area (Å²) in [7, 11) is 0. The second kappa shape index (κ2) is 3.62. The minimum atomic E-state index is -4.38. The summed E-state index contributed by atoms with van der Waals surface area (Å²) >= 11 is 0.534. The molecule has 8 heteroatoms. The van der Waals surface area contributed by atoms with Crippen LogP contribution in [0, 0.1) is 5.92 Å². The van der Waals surface area contributed by atoms with Crippen molar-refractivity contribution in [3.05, 3.63) is 11.1 Å². The molecule has 2 rings (SSSR count). The molecule has 1 aliphatic rings. The maximum atomic E-state index is 12.2. The second-order valence-electron chi connectivity index (χ2n) is 3.44. The molecule has 1 fully saturated rings. The van der Waals surface area contributed by atoms with E-state index in [1.807, 2.05) is 0 Å². The number of carboxylic acids is 1. The van der Waals surface area contributed by atoms with E-state index in [1.165, 1.54) is 4.90 Å². The zero-order chi connectivity index (χ0) is 11.9. The number of halogens is 3. The summed E-state index contributed by atoms with van der Waals surface area (Å²) in [5, 5.41) is 8.84. The minimum absolute atomic E-state index is 0.222. The van der Waals surface area contributed by atoms with Gasteiger partial charge < -0.3 is 10.0 Å². The van der Waals surface area contributed by atoms with E-state index < -0.39 is 22.9 Å². The fourth-order valence-electron chi connectivity index (χ4n) is 1.33. The molecule has 1 aromatic rings. The topological polar surface area (TPSA) is 53.4 Å². The number of aliphatic carboxylic acids is 1. The van der Waals surface area contributed by atoms with Crippen molar-refractivity contribution in [1.29, 1.82) is 0 Å². The highest BCUT2D eigenvalue weighted by atomic mass is 32.1. The van der Waals surface area contributed by atoms with Crippen LogP contribution in [0.5, 0.6) is 0 Å². The number of nitrogens with zero attached hydrogens (tertiary/aromatic N) is 2. The van der Waals surface area contributed by atoms with Gasteiger partial charge in [0.05, 0.1) is 12.1 Å². The highest BCUT2D eigenvalue weighted by molar-refractivity contribution is 7.15. The Morgan fingerprint density at radius 2 is 2.19 bits per heavy atom. The zero-order valence-corrected chi connectivity index (χ0v) is 8.68. The molecule has 2 heterocycles. The number of aromatic nitrogens is 1. The van der Waals surface area contributed by atoms with E-state index in [-0.39, 0.29) is 18.2 Å². The van der Waals surface area contributed by atoms with Gasteiger partial charge >= 0.3 is 12.1 Å². The Bertz CT molecular complexity index is 412.